The first kappa shape index (κ1) is 14.8. The summed E-state index contributed by atoms with van der Waals surface area (Å²) in [5.41, 5.74) is 0.571. The third-order valence-electron chi connectivity index (χ3n) is 3.58. The Morgan fingerprint density at radius 3 is 2.80 bits per heavy atom. The predicted octanol–water partition coefficient (Wildman–Crippen LogP) is 2.20. The van der Waals surface area contributed by atoms with Crippen LogP contribution in [0.1, 0.15) is 42.5 Å². The lowest BCUT2D eigenvalue weighted by Crippen LogP contribution is -2.29. The summed E-state index contributed by atoms with van der Waals surface area (Å²) in [5, 5.41) is 5.77. The van der Waals surface area contributed by atoms with Gasteiger partial charge in [-0.3, -0.25) is 4.79 Å². The number of nitrogens with one attached hydrogen (secondary N) is 2. The summed E-state index contributed by atoms with van der Waals surface area (Å²) in [6, 6.07) is 3.55. The highest BCUT2D eigenvalue weighted by molar-refractivity contribution is 5.94. The topological polar surface area (TPSA) is 63.2 Å². The van der Waals surface area contributed by atoms with E-state index in [-0.39, 0.29) is 5.91 Å². The average Bonchev–Trinajstić information content (AvgIpc) is 2.52. The van der Waals surface area contributed by atoms with Crippen LogP contribution in [0, 0.1) is 0 Å². The van der Waals surface area contributed by atoms with Gasteiger partial charge in [0.15, 0.2) is 0 Å². The monoisotopic (exact) mass is 277 g/mol. The number of carbonyl (C=O) groups is 1. The number of aromatic nitrogens is 1. The fraction of sp³-hybridized carbons (Fsp3) is 0.600. The molecule has 1 aliphatic rings. The second-order valence-electron chi connectivity index (χ2n) is 5.07. The third-order valence-corrected chi connectivity index (χ3v) is 3.58. The number of ether oxygens (including phenoxy) is 1. The van der Waals surface area contributed by atoms with Crippen LogP contribution in [0.2, 0.25) is 0 Å². The van der Waals surface area contributed by atoms with Gasteiger partial charge in [-0.1, -0.05) is 19.3 Å². The normalized spacial score (nSPS) is 15.8. The molecule has 110 valence electrons. The molecule has 0 atom stereocenters. The zero-order chi connectivity index (χ0) is 14.2. The molecule has 1 aliphatic carbocycles. The highest BCUT2D eigenvalue weighted by Gasteiger charge is 2.13. The van der Waals surface area contributed by atoms with Gasteiger partial charge in [-0.15, -0.1) is 0 Å². The van der Waals surface area contributed by atoms with Gasteiger partial charge in [0.1, 0.15) is 5.82 Å². The molecule has 0 saturated heterocycles. The van der Waals surface area contributed by atoms with Crippen LogP contribution in [0.4, 0.5) is 5.82 Å². The second kappa shape index (κ2) is 7.85. The highest BCUT2D eigenvalue weighted by atomic mass is 16.5. The Kier molecular flexibility index (Phi) is 5.80. The van der Waals surface area contributed by atoms with Crippen LogP contribution in [-0.2, 0) is 4.74 Å². The molecular weight excluding hydrogens is 254 g/mol. The first-order valence-corrected chi connectivity index (χ1v) is 7.33. The van der Waals surface area contributed by atoms with Crippen LogP contribution in [-0.4, -0.2) is 37.2 Å². The van der Waals surface area contributed by atoms with Crippen LogP contribution >= 0.6 is 0 Å². The van der Waals surface area contributed by atoms with E-state index < -0.39 is 0 Å². The fourth-order valence-electron chi connectivity index (χ4n) is 2.40. The number of anilines is 1. The molecule has 20 heavy (non-hydrogen) atoms. The highest BCUT2D eigenvalue weighted by Crippen LogP contribution is 2.19. The molecule has 0 spiro atoms. The van der Waals surface area contributed by atoms with E-state index in [2.05, 4.69) is 15.6 Å². The fourth-order valence-corrected chi connectivity index (χ4v) is 2.40. The average molecular weight is 277 g/mol. The van der Waals surface area contributed by atoms with E-state index in [1.165, 1.54) is 19.3 Å². The van der Waals surface area contributed by atoms with Crippen molar-refractivity contribution >= 4 is 11.7 Å². The molecule has 0 bridgehead atoms. The predicted molar refractivity (Wildman–Crippen MR) is 78.9 cm³/mol. The largest absolute Gasteiger partial charge is 0.376 e. The Morgan fingerprint density at radius 1 is 1.35 bits per heavy atom. The lowest BCUT2D eigenvalue weighted by Gasteiger charge is -2.21. The van der Waals surface area contributed by atoms with Crippen molar-refractivity contribution in [3.63, 3.8) is 0 Å². The van der Waals surface area contributed by atoms with Crippen molar-refractivity contribution < 1.29 is 9.53 Å². The molecule has 0 aromatic carbocycles. The Hall–Kier alpha value is -1.62. The molecule has 1 saturated carbocycles. The van der Waals surface area contributed by atoms with Crippen molar-refractivity contribution in [1.82, 2.24) is 10.3 Å². The maximum atomic E-state index is 11.9. The summed E-state index contributed by atoms with van der Waals surface area (Å²) >= 11 is 0. The van der Waals surface area contributed by atoms with E-state index in [0.717, 1.165) is 18.7 Å². The first-order chi connectivity index (χ1) is 9.79. The number of hydrogen-bond donors (Lipinski definition) is 2. The molecule has 2 N–H and O–H groups in total. The summed E-state index contributed by atoms with van der Waals surface area (Å²) in [4.78, 5) is 16.0. The van der Waals surface area contributed by atoms with Crippen molar-refractivity contribution in [3.8, 4) is 0 Å². The first-order valence-electron chi connectivity index (χ1n) is 7.33. The van der Waals surface area contributed by atoms with Crippen LogP contribution in [0.25, 0.3) is 0 Å². The molecular formula is C15H23N3O2. The van der Waals surface area contributed by atoms with Crippen LogP contribution in [0.5, 0.6) is 0 Å². The van der Waals surface area contributed by atoms with Crippen molar-refractivity contribution in [3.05, 3.63) is 23.9 Å². The summed E-state index contributed by atoms with van der Waals surface area (Å²) in [6.07, 6.45) is 8.13. The van der Waals surface area contributed by atoms with Gasteiger partial charge in [0.25, 0.3) is 5.91 Å². The van der Waals surface area contributed by atoms with E-state index in [1.807, 2.05) is 0 Å². The second-order valence-corrected chi connectivity index (χ2v) is 5.07. The Bertz CT molecular complexity index is 414. The van der Waals surface area contributed by atoms with Crippen molar-refractivity contribution in [1.29, 1.82) is 0 Å². The van der Waals surface area contributed by atoms with Gasteiger partial charge >= 0.3 is 0 Å². The molecule has 1 heterocycles. The number of rotatable bonds is 6. The summed E-state index contributed by atoms with van der Waals surface area (Å²) in [7, 11) is 1.80. The van der Waals surface area contributed by atoms with Gasteiger partial charge in [-0.2, -0.15) is 0 Å². The number of hydrogen-bond acceptors (Lipinski definition) is 4. The van der Waals surface area contributed by atoms with Gasteiger partial charge in [0.2, 0.25) is 0 Å². The molecule has 1 fully saturated rings. The van der Waals surface area contributed by atoms with Gasteiger partial charge in [0, 0.05) is 19.8 Å². The third kappa shape index (κ3) is 4.49. The quantitative estimate of drug-likeness (QED) is 0.783. The smallest absolute Gasteiger partial charge is 0.252 e. The molecule has 5 heteroatoms. The Labute approximate surface area is 120 Å². The van der Waals surface area contributed by atoms with Crippen molar-refractivity contribution in [2.45, 2.75) is 38.2 Å². The maximum Gasteiger partial charge on any atom is 0.252 e. The lowest BCUT2D eigenvalue weighted by molar-refractivity contribution is 0.0299. The summed E-state index contributed by atoms with van der Waals surface area (Å²) < 4.78 is 5.77. The molecule has 1 aromatic heterocycles. The zero-order valence-corrected chi connectivity index (χ0v) is 12.0. The minimum atomic E-state index is -0.104. The van der Waals surface area contributed by atoms with E-state index in [0.29, 0.717) is 24.8 Å². The standard InChI is InChI=1S/C15H23N3O2/c1-16-14-8-7-12(11-18-14)15(19)17-9-10-20-13-5-3-2-4-6-13/h7-8,11,13H,2-6,9-10H2,1H3,(H,16,18)(H,17,19). The number of nitrogens with zero attached hydrogens (tertiary/aromatic N) is 1. The maximum absolute atomic E-state index is 11.9. The molecule has 0 unspecified atom stereocenters. The van der Waals surface area contributed by atoms with E-state index in [4.69, 9.17) is 4.74 Å². The molecule has 0 aliphatic heterocycles. The minimum absolute atomic E-state index is 0.104. The molecule has 2 rings (SSSR count). The Balaban J connectivity index is 1.66. The number of carbonyl (C=O) groups excluding carboxylic acids is 1. The van der Waals surface area contributed by atoms with Gasteiger partial charge in [0.05, 0.1) is 18.3 Å². The van der Waals surface area contributed by atoms with Crippen molar-refractivity contribution in [2.24, 2.45) is 0 Å². The molecule has 1 aromatic rings. The number of amides is 1. The SMILES string of the molecule is CNc1ccc(C(=O)NCCOC2CCCCC2)cn1. The van der Waals surface area contributed by atoms with Crippen LogP contribution in [0.3, 0.4) is 0 Å². The number of pyridine rings is 1. The molecule has 1 amide bonds. The summed E-state index contributed by atoms with van der Waals surface area (Å²) in [5.74, 6) is 0.648. The molecule has 0 radical (unpaired) electrons. The lowest BCUT2D eigenvalue weighted by atomic mass is 9.98. The van der Waals surface area contributed by atoms with Gasteiger partial charge < -0.3 is 15.4 Å². The van der Waals surface area contributed by atoms with Gasteiger partial charge in [-0.05, 0) is 25.0 Å². The molecule has 5 nitrogen and oxygen atoms in total. The summed E-state index contributed by atoms with van der Waals surface area (Å²) in [6.45, 7) is 1.13. The van der Waals surface area contributed by atoms with Crippen molar-refractivity contribution in [2.75, 3.05) is 25.5 Å². The Morgan fingerprint density at radius 2 is 2.15 bits per heavy atom. The zero-order valence-electron chi connectivity index (χ0n) is 12.0. The van der Waals surface area contributed by atoms with E-state index in [1.54, 1.807) is 25.4 Å². The van der Waals surface area contributed by atoms with E-state index >= 15 is 0 Å². The van der Waals surface area contributed by atoms with E-state index in [9.17, 15) is 4.79 Å². The van der Waals surface area contributed by atoms with Crippen LogP contribution < -0.4 is 10.6 Å². The minimum Gasteiger partial charge on any atom is -0.376 e. The van der Waals surface area contributed by atoms with Crippen LogP contribution in [0.15, 0.2) is 18.3 Å². The van der Waals surface area contributed by atoms with Gasteiger partial charge in [-0.25, -0.2) is 4.98 Å².